The summed E-state index contributed by atoms with van der Waals surface area (Å²) < 4.78 is 39.9. The summed E-state index contributed by atoms with van der Waals surface area (Å²) in [6, 6.07) is 1.18. The molecule has 20 heavy (non-hydrogen) atoms. The van der Waals surface area contributed by atoms with Crippen LogP contribution in [-0.2, 0) is 6.18 Å². The van der Waals surface area contributed by atoms with Gasteiger partial charge in [0.15, 0.2) is 0 Å². The van der Waals surface area contributed by atoms with Crippen molar-refractivity contribution in [2.24, 2.45) is 0 Å². The van der Waals surface area contributed by atoms with Crippen LogP contribution in [-0.4, -0.2) is 23.5 Å². The van der Waals surface area contributed by atoms with Gasteiger partial charge in [-0.05, 0) is 34.8 Å². The topological polar surface area (TPSA) is 16.1 Å². The van der Waals surface area contributed by atoms with E-state index in [9.17, 15) is 13.2 Å². The number of halogens is 5. The predicted molar refractivity (Wildman–Crippen MR) is 77.3 cm³/mol. The van der Waals surface area contributed by atoms with Gasteiger partial charge in [-0.1, -0.05) is 12.8 Å². The molecule has 112 valence electrons. The van der Waals surface area contributed by atoms with Crippen LogP contribution in [0.3, 0.4) is 0 Å². The molecule has 0 radical (unpaired) electrons. The Morgan fingerprint density at radius 2 is 2.00 bits per heavy atom. The van der Waals surface area contributed by atoms with Gasteiger partial charge in [0, 0.05) is 29.1 Å². The maximum atomic E-state index is 13.2. The molecule has 0 N–H and O–H groups in total. The van der Waals surface area contributed by atoms with Crippen molar-refractivity contribution in [2.75, 3.05) is 17.3 Å². The number of anilines is 1. The van der Waals surface area contributed by atoms with Gasteiger partial charge in [0.25, 0.3) is 0 Å². The van der Waals surface area contributed by atoms with Crippen molar-refractivity contribution in [2.45, 2.75) is 37.9 Å². The van der Waals surface area contributed by atoms with Gasteiger partial charge in [-0.2, -0.15) is 13.2 Å². The fourth-order valence-electron chi connectivity index (χ4n) is 2.64. The monoisotopic (exact) mass is 370 g/mol. The first-order valence-electron chi connectivity index (χ1n) is 6.49. The fraction of sp³-hybridized carbons (Fsp3) is 0.615. The smallest absolute Gasteiger partial charge is 0.352 e. The minimum absolute atomic E-state index is 0.00625. The summed E-state index contributed by atoms with van der Waals surface area (Å²) >= 11 is 8.82. The molecule has 1 fully saturated rings. The first-order chi connectivity index (χ1) is 9.43. The summed E-state index contributed by atoms with van der Waals surface area (Å²) in [5.41, 5.74) is -0.705. The van der Waals surface area contributed by atoms with Crippen molar-refractivity contribution in [3.05, 3.63) is 22.3 Å². The second-order valence-electron chi connectivity index (χ2n) is 4.84. The number of hydrogen-bond acceptors (Lipinski definition) is 2. The van der Waals surface area contributed by atoms with Crippen LogP contribution in [0.1, 0.15) is 31.2 Å². The van der Waals surface area contributed by atoms with Crippen LogP contribution in [0.15, 0.2) is 16.7 Å². The Bertz CT molecular complexity index is 461. The largest absolute Gasteiger partial charge is 0.419 e. The molecule has 1 aromatic rings. The van der Waals surface area contributed by atoms with Crippen molar-refractivity contribution in [1.29, 1.82) is 0 Å². The first kappa shape index (κ1) is 15.9. The SMILES string of the molecule is FC(F)(F)c1cc(Br)cnc1N(CCCl)C1CCCC1. The third-order valence-corrected chi connectivity index (χ3v) is 4.10. The summed E-state index contributed by atoms with van der Waals surface area (Å²) in [6.45, 7) is 0.379. The zero-order valence-corrected chi connectivity index (χ0v) is 13.1. The second-order valence-corrected chi connectivity index (χ2v) is 6.14. The molecule has 0 spiro atoms. The predicted octanol–water partition coefficient (Wildman–Crippen LogP) is 4.85. The van der Waals surface area contributed by atoms with Crippen LogP contribution in [0.4, 0.5) is 19.0 Å². The van der Waals surface area contributed by atoms with Crippen molar-refractivity contribution >= 4 is 33.3 Å². The van der Waals surface area contributed by atoms with Crippen LogP contribution in [0.5, 0.6) is 0 Å². The Morgan fingerprint density at radius 3 is 2.55 bits per heavy atom. The lowest BCUT2D eigenvalue weighted by molar-refractivity contribution is -0.137. The third-order valence-electron chi connectivity index (χ3n) is 3.50. The van der Waals surface area contributed by atoms with Crippen LogP contribution >= 0.6 is 27.5 Å². The Morgan fingerprint density at radius 1 is 1.35 bits per heavy atom. The summed E-state index contributed by atoms with van der Waals surface area (Å²) in [7, 11) is 0. The van der Waals surface area contributed by atoms with Gasteiger partial charge >= 0.3 is 6.18 Å². The van der Waals surface area contributed by atoms with Crippen LogP contribution in [0, 0.1) is 0 Å². The second kappa shape index (κ2) is 6.52. The molecule has 7 heteroatoms. The number of rotatable bonds is 4. The Labute approximate surface area is 129 Å². The van der Waals surface area contributed by atoms with E-state index in [1.165, 1.54) is 6.20 Å². The van der Waals surface area contributed by atoms with Crippen molar-refractivity contribution in [3.8, 4) is 0 Å². The van der Waals surface area contributed by atoms with E-state index < -0.39 is 11.7 Å². The maximum absolute atomic E-state index is 13.2. The van der Waals surface area contributed by atoms with E-state index in [-0.39, 0.29) is 17.7 Å². The number of hydrogen-bond donors (Lipinski definition) is 0. The molecule has 0 atom stereocenters. The average Bonchev–Trinajstić information content (AvgIpc) is 2.89. The van der Waals surface area contributed by atoms with E-state index in [4.69, 9.17) is 11.6 Å². The van der Waals surface area contributed by atoms with Crippen LogP contribution in [0.2, 0.25) is 0 Å². The average molecular weight is 372 g/mol. The molecule has 1 heterocycles. The Hall–Kier alpha value is -0.490. The molecular formula is C13H15BrClF3N2. The highest BCUT2D eigenvalue weighted by Gasteiger charge is 2.37. The van der Waals surface area contributed by atoms with Crippen LogP contribution in [0.25, 0.3) is 0 Å². The van der Waals surface area contributed by atoms with Crippen LogP contribution < -0.4 is 4.90 Å². The normalized spacial score (nSPS) is 16.6. The van der Waals surface area contributed by atoms with E-state index in [2.05, 4.69) is 20.9 Å². The fourth-order valence-corrected chi connectivity index (χ4v) is 3.15. The molecule has 1 aliphatic carbocycles. The van der Waals surface area contributed by atoms with Crippen molar-refractivity contribution < 1.29 is 13.2 Å². The highest BCUT2D eigenvalue weighted by molar-refractivity contribution is 9.10. The molecule has 1 aliphatic rings. The number of pyridine rings is 1. The summed E-state index contributed by atoms with van der Waals surface area (Å²) in [5, 5.41) is 0. The zero-order chi connectivity index (χ0) is 14.8. The quantitative estimate of drug-likeness (QED) is 0.703. The van der Waals surface area contributed by atoms with Gasteiger partial charge in [0.05, 0.1) is 5.56 Å². The van der Waals surface area contributed by atoms with E-state index in [0.29, 0.717) is 11.0 Å². The molecule has 0 bridgehead atoms. The minimum Gasteiger partial charge on any atom is -0.352 e. The zero-order valence-electron chi connectivity index (χ0n) is 10.8. The molecule has 0 saturated heterocycles. The van der Waals surface area contributed by atoms with E-state index in [0.717, 1.165) is 31.7 Å². The summed E-state index contributed by atoms with van der Waals surface area (Å²) in [6.07, 6.45) is 0.858. The number of nitrogens with zero attached hydrogens (tertiary/aromatic N) is 2. The highest BCUT2D eigenvalue weighted by Crippen LogP contribution is 2.39. The third kappa shape index (κ3) is 3.58. The molecule has 1 aromatic heterocycles. The molecule has 0 unspecified atom stereocenters. The highest BCUT2D eigenvalue weighted by atomic mass is 79.9. The lowest BCUT2D eigenvalue weighted by atomic mass is 10.1. The molecule has 0 aliphatic heterocycles. The van der Waals surface area contributed by atoms with Gasteiger partial charge in [-0.3, -0.25) is 0 Å². The summed E-state index contributed by atoms with van der Waals surface area (Å²) in [5.74, 6) is 0.277. The maximum Gasteiger partial charge on any atom is 0.419 e. The Balaban J connectivity index is 2.41. The van der Waals surface area contributed by atoms with E-state index >= 15 is 0 Å². The first-order valence-corrected chi connectivity index (χ1v) is 7.81. The van der Waals surface area contributed by atoms with Gasteiger partial charge in [-0.25, -0.2) is 4.98 Å². The van der Waals surface area contributed by atoms with Gasteiger partial charge < -0.3 is 4.90 Å². The van der Waals surface area contributed by atoms with Crippen molar-refractivity contribution in [3.63, 3.8) is 0 Å². The number of alkyl halides is 4. The number of aromatic nitrogens is 1. The molecule has 1 saturated carbocycles. The van der Waals surface area contributed by atoms with E-state index in [1.807, 2.05) is 0 Å². The Kier molecular flexibility index (Phi) is 5.18. The molecule has 0 aromatic carbocycles. The summed E-state index contributed by atoms with van der Waals surface area (Å²) in [4.78, 5) is 5.73. The lowest BCUT2D eigenvalue weighted by Gasteiger charge is -2.31. The molecule has 2 nitrogen and oxygen atoms in total. The standard InChI is InChI=1S/C13H15BrClF3N2/c14-9-7-11(13(16,17)18)12(19-8-9)20(6-5-15)10-3-1-2-4-10/h7-8,10H,1-6H2. The van der Waals surface area contributed by atoms with Gasteiger partial charge in [-0.15, -0.1) is 11.6 Å². The molecule has 2 rings (SSSR count). The van der Waals surface area contributed by atoms with Crippen molar-refractivity contribution in [1.82, 2.24) is 4.98 Å². The van der Waals surface area contributed by atoms with E-state index in [1.54, 1.807) is 4.90 Å². The molecular weight excluding hydrogens is 357 g/mol. The van der Waals surface area contributed by atoms with Gasteiger partial charge in [0.2, 0.25) is 0 Å². The van der Waals surface area contributed by atoms with Gasteiger partial charge in [0.1, 0.15) is 5.82 Å². The molecule has 0 amide bonds. The lowest BCUT2D eigenvalue weighted by Crippen LogP contribution is -2.37. The minimum atomic E-state index is -4.42.